The number of nitrogens with one attached hydrogen (secondary N) is 2. The van der Waals surface area contributed by atoms with Gasteiger partial charge >= 0.3 is 6.09 Å². The van der Waals surface area contributed by atoms with Crippen LogP contribution in [0.15, 0.2) is 0 Å². The molecule has 1 rings (SSSR count). The molecule has 1 aliphatic carbocycles. The Kier molecular flexibility index (Phi) is 8.14. The topological polar surface area (TPSA) is 96.6 Å². The summed E-state index contributed by atoms with van der Waals surface area (Å²) in [6.45, 7) is 6.80. The summed E-state index contributed by atoms with van der Waals surface area (Å²) in [4.78, 5) is 11.6. The number of rotatable bonds is 7. The van der Waals surface area contributed by atoms with Crippen LogP contribution in [0.25, 0.3) is 0 Å². The summed E-state index contributed by atoms with van der Waals surface area (Å²) in [6.07, 6.45) is 4.90. The first-order chi connectivity index (χ1) is 10.4. The van der Waals surface area contributed by atoms with Crippen molar-refractivity contribution in [1.29, 1.82) is 0 Å². The Hall–Kier alpha value is -0.850. The van der Waals surface area contributed by atoms with E-state index in [0.29, 0.717) is 25.0 Å². The second-order valence-corrected chi connectivity index (χ2v) is 7.15. The molecular weight excluding hydrogens is 282 g/mol. The highest BCUT2D eigenvalue weighted by Gasteiger charge is 2.26. The van der Waals surface area contributed by atoms with Gasteiger partial charge in [0.05, 0.1) is 0 Å². The fourth-order valence-electron chi connectivity index (χ4n) is 2.88. The van der Waals surface area contributed by atoms with Gasteiger partial charge in [-0.25, -0.2) is 4.79 Å². The monoisotopic (exact) mass is 315 g/mol. The number of hydrogen-bond acceptors (Lipinski definition) is 5. The maximum Gasteiger partial charge on any atom is 0.407 e. The van der Waals surface area contributed by atoms with Crippen LogP contribution in [-0.2, 0) is 4.74 Å². The third-order valence-corrected chi connectivity index (χ3v) is 4.04. The molecule has 0 bridgehead atoms. The molecule has 22 heavy (non-hydrogen) atoms. The molecule has 0 aromatic carbocycles. The molecule has 3 unspecified atom stereocenters. The average Bonchev–Trinajstić information content (AvgIpc) is 2.44. The molecule has 0 saturated heterocycles. The number of hydrogen-bond donors (Lipinski definition) is 4. The Morgan fingerprint density at radius 3 is 2.64 bits per heavy atom. The predicted octanol–water partition coefficient (Wildman–Crippen LogP) is 1.37. The minimum atomic E-state index is -0.480. The number of amides is 1. The Labute approximate surface area is 134 Å². The SMILES string of the molecule is CC(C)(C)OC(=O)NCCC(CN)NC1CCCCC1CO. The van der Waals surface area contributed by atoms with E-state index in [2.05, 4.69) is 10.6 Å². The van der Waals surface area contributed by atoms with Crippen molar-refractivity contribution in [1.82, 2.24) is 10.6 Å². The number of alkyl carbamates (subject to hydrolysis) is 1. The van der Waals surface area contributed by atoms with Gasteiger partial charge in [-0.2, -0.15) is 0 Å². The van der Waals surface area contributed by atoms with Crippen molar-refractivity contribution < 1.29 is 14.6 Å². The molecule has 0 aromatic rings. The lowest BCUT2D eigenvalue weighted by Gasteiger charge is -2.34. The minimum absolute atomic E-state index is 0.145. The molecule has 1 aliphatic rings. The number of carbonyl (C=O) groups excluding carboxylic acids is 1. The van der Waals surface area contributed by atoms with Crippen molar-refractivity contribution in [2.24, 2.45) is 11.7 Å². The van der Waals surface area contributed by atoms with Crippen molar-refractivity contribution in [2.45, 2.75) is 70.6 Å². The summed E-state index contributed by atoms with van der Waals surface area (Å²) in [7, 11) is 0. The molecule has 1 saturated carbocycles. The summed E-state index contributed by atoms with van der Waals surface area (Å²) in [5.74, 6) is 0.321. The summed E-state index contributed by atoms with van der Waals surface area (Å²) in [6, 6.07) is 0.473. The zero-order chi connectivity index (χ0) is 16.6. The second kappa shape index (κ2) is 9.33. The van der Waals surface area contributed by atoms with E-state index in [4.69, 9.17) is 10.5 Å². The van der Waals surface area contributed by atoms with E-state index in [1.165, 1.54) is 12.8 Å². The van der Waals surface area contributed by atoms with Gasteiger partial charge in [-0.3, -0.25) is 0 Å². The van der Waals surface area contributed by atoms with Crippen LogP contribution in [0.1, 0.15) is 52.9 Å². The first-order valence-electron chi connectivity index (χ1n) is 8.39. The molecule has 6 nitrogen and oxygen atoms in total. The first kappa shape index (κ1) is 19.2. The molecule has 1 fully saturated rings. The van der Waals surface area contributed by atoms with Gasteiger partial charge in [-0.05, 0) is 46.0 Å². The van der Waals surface area contributed by atoms with E-state index in [1.54, 1.807) is 0 Å². The highest BCUT2D eigenvalue weighted by atomic mass is 16.6. The van der Waals surface area contributed by atoms with Crippen LogP contribution in [0, 0.1) is 5.92 Å². The lowest BCUT2D eigenvalue weighted by Crippen LogP contribution is -2.49. The fraction of sp³-hybridized carbons (Fsp3) is 0.938. The maximum absolute atomic E-state index is 11.6. The number of nitrogens with two attached hydrogens (primary N) is 1. The van der Waals surface area contributed by atoms with Gasteiger partial charge in [-0.15, -0.1) is 0 Å². The Morgan fingerprint density at radius 1 is 1.36 bits per heavy atom. The summed E-state index contributed by atoms with van der Waals surface area (Å²) in [5.41, 5.74) is 5.35. The molecule has 0 aliphatic heterocycles. The molecule has 0 spiro atoms. The van der Waals surface area contributed by atoms with Gasteiger partial charge in [0, 0.05) is 31.8 Å². The van der Waals surface area contributed by atoms with Gasteiger partial charge in [-0.1, -0.05) is 12.8 Å². The number of carbonyl (C=O) groups is 1. The van der Waals surface area contributed by atoms with Crippen molar-refractivity contribution in [3.05, 3.63) is 0 Å². The van der Waals surface area contributed by atoms with E-state index in [9.17, 15) is 9.90 Å². The lowest BCUT2D eigenvalue weighted by molar-refractivity contribution is 0.0525. The Bertz CT molecular complexity index is 331. The highest BCUT2D eigenvalue weighted by Crippen LogP contribution is 2.24. The largest absolute Gasteiger partial charge is 0.444 e. The van der Waals surface area contributed by atoms with Gasteiger partial charge < -0.3 is 26.2 Å². The smallest absolute Gasteiger partial charge is 0.407 e. The average molecular weight is 315 g/mol. The van der Waals surface area contributed by atoms with Crippen molar-refractivity contribution in [3.8, 4) is 0 Å². The molecule has 0 aromatic heterocycles. The normalized spacial score (nSPS) is 23.9. The molecule has 3 atom stereocenters. The second-order valence-electron chi connectivity index (χ2n) is 7.15. The highest BCUT2D eigenvalue weighted by molar-refractivity contribution is 5.67. The van der Waals surface area contributed by atoms with Crippen molar-refractivity contribution in [2.75, 3.05) is 19.7 Å². The van der Waals surface area contributed by atoms with Crippen molar-refractivity contribution in [3.63, 3.8) is 0 Å². The van der Waals surface area contributed by atoms with Gasteiger partial charge in [0.25, 0.3) is 0 Å². The van der Waals surface area contributed by atoms with Crippen LogP contribution >= 0.6 is 0 Å². The molecular formula is C16H33N3O3. The predicted molar refractivity (Wildman–Crippen MR) is 87.7 cm³/mol. The van der Waals surface area contributed by atoms with Gasteiger partial charge in [0.2, 0.25) is 0 Å². The Morgan fingerprint density at radius 2 is 2.05 bits per heavy atom. The summed E-state index contributed by atoms with van der Waals surface area (Å²) < 4.78 is 5.20. The Balaban J connectivity index is 2.31. The summed E-state index contributed by atoms with van der Waals surface area (Å²) >= 11 is 0. The lowest BCUT2D eigenvalue weighted by atomic mass is 9.84. The zero-order valence-corrected chi connectivity index (χ0v) is 14.2. The number of ether oxygens (including phenoxy) is 1. The number of aliphatic hydroxyl groups is 1. The van der Waals surface area contributed by atoms with Crippen LogP contribution in [-0.4, -0.2) is 48.6 Å². The van der Waals surface area contributed by atoms with Gasteiger partial charge in [0.15, 0.2) is 0 Å². The molecule has 0 heterocycles. The van der Waals surface area contributed by atoms with E-state index >= 15 is 0 Å². The minimum Gasteiger partial charge on any atom is -0.444 e. The zero-order valence-electron chi connectivity index (χ0n) is 14.2. The van der Waals surface area contributed by atoms with Crippen LogP contribution in [0.3, 0.4) is 0 Å². The molecule has 130 valence electrons. The first-order valence-corrected chi connectivity index (χ1v) is 8.39. The molecule has 0 radical (unpaired) electrons. The molecule has 6 heteroatoms. The van der Waals surface area contributed by atoms with Crippen molar-refractivity contribution >= 4 is 6.09 Å². The third-order valence-electron chi connectivity index (χ3n) is 4.04. The third kappa shape index (κ3) is 7.42. The van der Waals surface area contributed by atoms with Crippen LogP contribution in [0.2, 0.25) is 0 Å². The fourth-order valence-corrected chi connectivity index (χ4v) is 2.88. The summed E-state index contributed by atoms with van der Waals surface area (Å²) in [5, 5.41) is 15.8. The number of aliphatic hydroxyl groups excluding tert-OH is 1. The van der Waals surface area contributed by atoms with E-state index in [0.717, 1.165) is 19.3 Å². The standard InChI is InChI=1S/C16H33N3O3/c1-16(2,3)22-15(21)18-9-8-13(10-17)19-14-7-5-4-6-12(14)11-20/h12-14,19-20H,4-11,17H2,1-3H3,(H,18,21). The van der Waals surface area contributed by atoms with Crippen LogP contribution in [0.5, 0.6) is 0 Å². The van der Waals surface area contributed by atoms with Crippen LogP contribution < -0.4 is 16.4 Å². The quantitative estimate of drug-likeness (QED) is 0.569. The van der Waals surface area contributed by atoms with Gasteiger partial charge in [0.1, 0.15) is 5.60 Å². The van der Waals surface area contributed by atoms with E-state index in [-0.39, 0.29) is 12.6 Å². The van der Waals surface area contributed by atoms with Crippen LogP contribution in [0.4, 0.5) is 4.79 Å². The van der Waals surface area contributed by atoms with E-state index in [1.807, 2.05) is 20.8 Å². The molecule has 5 N–H and O–H groups in total. The van der Waals surface area contributed by atoms with E-state index < -0.39 is 11.7 Å². The maximum atomic E-state index is 11.6. The molecule has 1 amide bonds.